The highest BCUT2D eigenvalue weighted by atomic mass is 32.1. The monoisotopic (exact) mass is 310 g/mol. The second-order valence-electron chi connectivity index (χ2n) is 3.96. The minimum atomic E-state index is -0.512. The fraction of sp³-hybridized carbons (Fsp3) is 0.333. The topological polar surface area (TPSA) is 99.4 Å². The molecule has 0 aliphatic carbocycles. The molecule has 0 fully saturated rings. The maximum Gasteiger partial charge on any atom is 0.314 e. The zero-order valence-corrected chi connectivity index (χ0v) is 12.3. The van der Waals surface area contributed by atoms with Crippen molar-refractivity contribution in [3.63, 3.8) is 0 Å². The second kappa shape index (κ2) is 6.84. The molecule has 0 radical (unpaired) electrons. The fourth-order valence-corrected chi connectivity index (χ4v) is 2.27. The van der Waals surface area contributed by atoms with Crippen molar-refractivity contribution in [1.29, 1.82) is 0 Å². The van der Waals surface area contributed by atoms with Crippen molar-refractivity contribution < 1.29 is 14.4 Å². The minimum absolute atomic E-state index is 0.103. The zero-order valence-electron chi connectivity index (χ0n) is 11.5. The van der Waals surface area contributed by atoms with E-state index in [1.165, 1.54) is 30.8 Å². The summed E-state index contributed by atoms with van der Waals surface area (Å²) in [5.41, 5.74) is 0.467. The van der Waals surface area contributed by atoms with Gasteiger partial charge in [-0.25, -0.2) is 0 Å². The van der Waals surface area contributed by atoms with Crippen molar-refractivity contribution in [3.05, 3.63) is 34.0 Å². The molecule has 112 valence electrons. The molecule has 0 amide bonds. The minimum Gasteiger partial charge on any atom is -0.496 e. The number of nitro groups is 1. The van der Waals surface area contributed by atoms with Crippen LogP contribution in [0, 0.1) is 10.1 Å². The molecule has 1 aromatic heterocycles. The average molecular weight is 310 g/mol. The van der Waals surface area contributed by atoms with E-state index in [-0.39, 0.29) is 18.0 Å². The number of nitrogens with zero attached hydrogens (tertiary/aromatic N) is 3. The second-order valence-corrected chi connectivity index (χ2v) is 4.71. The molecular formula is C12H14N4O4S. The number of hydrogen-bond acceptors (Lipinski definition) is 8. The molecule has 0 aliphatic heterocycles. The van der Waals surface area contributed by atoms with Gasteiger partial charge in [0.15, 0.2) is 5.75 Å². The van der Waals surface area contributed by atoms with Crippen LogP contribution in [-0.2, 0) is 6.61 Å². The smallest absolute Gasteiger partial charge is 0.314 e. The number of aromatic nitrogens is 2. The molecule has 0 unspecified atom stereocenters. The van der Waals surface area contributed by atoms with E-state index in [0.29, 0.717) is 11.4 Å². The van der Waals surface area contributed by atoms with E-state index in [1.54, 1.807) is 6.07 Å². The average Bonchev–Trinajstić information content (AvgIpc) is 2.92. The standard InChI is InChI=1S/C12H14N4O4S/c1-3-13-12-9(14-15-21-12)7-20-11-5-4-8(19-2)6-10(11)16(17)18/h4-6,13H,3,7H2,1-2H3. The highest BCUT2D eigenvalue weighted by Gasteiger charge is 2.18. The van der Waals surface area contributed by atoms with Gasteiger partial charge in [-0.15, -0.1) is 5.10 Å². The van der Waals surface area contributed by atoms with Gasteiger partial charge in [0.05, 0.1) is 18.1 Å². The first-order chi connectivity index (χ1) is 10.2. The number of methoxy groups -OCH3 is 1. The summed E-state index contributed by atoms with van der Waals surface area (Å²) in [6, 6.07) is 4.43. The van der Waals surface area contributed by atoms with Crippen molar-refractivity contribution in [2.45, 2.75) is 13.5 Å². The molecule has 0 atom stereocenters. The van der Waals surface area contributed by atoms with Gasteiger partial charge in [-0.05, 0) is 19.1 Å². The number of ether oxygens (including phenoxy) is 2. The van der Waals surface area contributed by atoms with Gasteiger partial charge in [0.1, 0.15) is 23.1 Å². The third kappa shape index (κ3) is 3.57. The summed E-state index contributed by atoms with van der Waals surface area (Å²) in [7, 11) is 1.45. The largest absolute Gasteiger partial charge is 0.496 e. The van der Waals surface area contributed by atoms with Crippen LogP contribution >= 0.6 is 11.5 Å². The summed E-state index contributed by atoms with van der Waals surface area (Å²) >= 11 is 1.22. The van der Waals surface area contributed by atoms with Crippen LogP contribution in [0.25, 0.3) is 0 Å². The summed E-state index contributed by atoms with van der Waals surface area (Å²) < 4.78 is 14.3. The van der Waals surface area contributed by atoms with Gasteiger partial charge in [0.25, 0.3) is 0 Å². The predicted octanol–water partition coefficient (Wildman–Crippen LogP) is 2.47. The summed E-state index contributed by atoms with van der Waals surface area (Å²) in [4.78, 5) is 10.5. The highest BCUT2D eigenvalue weighted by molar-refractivity contribution is 7.10. The zero-order chi connectivity index (χ0) is 15.2. The predicted molar refractivity (Wildman–Crippen MR) is 78.1 cm³/mol. The van der Waals surface area contributed by atoms with E-state index in [2.05, 4.69) is 14.9 Å². The lowest BCUT2D eigenvalue weighted by Crippen LogP contribution is -2.03. The number of rotatable bonds is 7. The molecule has 1 N–H and O–H groups in total. The van der Waals surface area contributed by atoms with E-state index in [4.69, 9.17) is 9.47 Å². The van der Waals surface area contributed by atoms with Crippen molar-refractivity contribution in [2.75, 3.05) is 19.0 Å². The van der Waals surface area contributed by atoms with Crippen LogP contribution in [0.5, 0.6) is 11.5 Å². The lowest BCUT2D eigenvalue weighted by Gasteiger charge is -2.07. The van der Waals surface area contributed by atoms with E-state index >= 15 is 0 Å². The Kier molecular flexibility index (Phi) is 4.88. The molecule has 2 aromatic rings. The van der Waals surface area contributed by atoms with Crippen molar-refractivity contribution in [3.8, 4) is 11.5 Å². The van der Waals surface area contributed by atoms with Crippen LogP contribution in [0.3, 0.4) is 0 Å². The number of nitro benzene ring substituents is 1. The quantitative estimate of drug-likeness (QED) is 0.619. The Bertz CT molecular complexity index is 631. The summed E-state index contributed by atoms with van der Waals surface area (Å²) in [5.74, 6) is 0.564. The SMILES string of the molecule is CCNc1snnc1COc1ccc(OC)cc1[N+](=O)[O-]. The van der Waals surface area contributed by atoms with Crippen LogP contribution in [-0.4, -0.2) is 28.2 Å². The van der Waals surface area contributed by atoms with Crippen LogP contribution in [0.4, 0.5) is 10.7 Å². The third-order valence-corrected chi connectivity index (χ3v) is 3.35. The molecule has 0 spiro atoms. The molecule has 1 aromatic carbocycles. The normalized spacial score (nSPS) is 10.2. The Balaban J connectivity index is 2.15. The number of benzene rings is 1. The van der Waals surface area contributed by atoms with Gasteiger partial charge in [0.2, 0.25) is 0 Å². The first-order valence-corrected chi connectivity index (χ1v) is 6.93. The number of nitrogens with one attached hydrogen (secondary N) is 1. The molecule has 8 nitrogen and oxygen atoms in total. The summed E-state index contributed by atoms with van der Waals surface area (Å²) in [6.07, 6.45) is 0. The fourth-order valence-electron chi connectivity index (χ4n) is 1.63. The Labute approximate surface area is 125 Å². The Morgan fingerprint density at radius 1 is 1.48 bits per heavy atom. The molecule has 0 aliphatic rings. The molecule has 0 bridgehead atoms. The highest BCUT2D eigenvalue weighted by Crippen LogP contribution is 2.32. The van der Waals surface area contributed by atoms with Crippen molar-refractivity contribution in [2.24, 2.45) is 0 Å². The number of hydrogen-bond donors (Lipinski definition) is 1. The lowest BCUT2D eigenvalue weighted by molar-refractivity contribution is -0.386. The van der Waals surface area contributed by atoms with Crippen molar-refractivity contribution in [1.82, 2.24) is 9.59 Å². The van der Waals surface area contributed by atoms with Crippen LogP contribution in [0.1, 0.15) is 12.6 Å². The van der Waals surface area contributed by atoms with Crippen LogP contribution in [0.2, 0.25) is 0 Å². The first kappa shape index (κ1) is 15.0. The Morgan fingerprint density at radius 2 is 2.29 bits per heavy atom. The van der Waals surface area contributed by atoms with Gasteiger partial charge < -0.3 is 14.8 Å². The van der Waals surface area contributed by atoms with Gasteiger partial charge in [0, 0.05) is 18.1 Å². The first-order valence-electron chi connectivity index (χ1n) is 6.16. The van der Waals surface area contributed by atoms with Crippen LogP contribution in [0.15, 0.2) is 18.2 Å². The van der Waals surface area contributed by atoms with E-state index in [0.717, 1.165) is 11.5 Å². The molecule has 9 heteroatoms. The molecule has 0 saturated heterocycles. The van der Waals surface area contributed by atoms with Gasteiger partial charge >= 0.3 is 5.69 Å². The lowest BCUT2D eigenvalue weighted by atomic mass is 10.3. The summed E-state index contributed by atoms with van der Waals surface area (Å²) in [5, 5.41) is 18.9. The molecule has 21 heavy (non-hydrogen) atoms. The number of anilines is 1. The molecule has 1 heterocycles. The summed E-state index contributed by atoms with van der Waals surface area (Å²) in [6.45, 7) is 2.80. The van der Waals surface area contributed by atoms with Crippen molar-refractivity contribution >= 4 is 22.2 Å². The molecule has 0 saturated carbocycles. The van der Waals surface area contributed by atoms with E-state index in [9.17, 15) is 10.1 Å². The van der Waals surface area contributed by atoms with Gasteiger partial charge in [-0.3, -0.25) is 10.1 Å². The molecular weight excluding hydrogens is 296 g/mol. The maximum atomic E-state index is 11.1. The van der Waals surface area contributed by atoms with E-state index < -0.39 is 4.92 Å². The van der Waals surface area contributed by atoms with Gasteiger partial charge in [-0.1, -0.05) is 4.49 Å². The Hall–Kier alpha value is -2.42. The van der Waals surface area contributed by atoms with E-state index in [1.807, 2.05) is 6.92 Å². The maximum absolute atomic E-state index is 11.1. The molecule has 2 rings (SSSR count). The van der Waals surface area contributed by atoms with Crippen LogP contribution < -0.4 is 14.8 Å². The van der Waals surface area contributed by atoms with Gasteiger partial charge in [-0.2, -0.15) is 0 Å². The third-order valence-electron chi connectivity index (χ3n) is 2.62. The Morgan fingerprint density at radius 3 is 2.95 bits per heavy atom.